The van der Waals surface area contributed by atoms with Crippen molar-refractivity contribution in [2.45, 2.75) is 33.4 Å². The Morgan fingerprint density at radius 3 is 2.83 bits per heavy atom. The summed E-state index contributed by atoms with van der Waals surface area (Å²) in [7, 11) is 0. The minimum atomic E-state index is 0.396. The van der Waals surface area contributed by atoms with E-state index in [0.29, 0.717) is 24.4 Å². The van der Waals surface area contributed by atoms with Gasteiger partial charge >= 0.3 is 0 Å². The van der Waals surface area contributed by atoms with Gasteiger partial charge in [-0.1, -0.05) is 35.8 Å². The SMILES string of the molecule is Cc1ccc(Br)cc1-c1nnc(CNC(C)C)o1. The summed E-state index contributed by atoms with van der Waals surface area (Å²) in [6.07, 6.45) is 0. The molecular weight excluding hydrogens is 294 g/mol. The maximum absolute atomic E-state index is 5.65. The van der Waals surface area contributed by atoms with Crippen LogP contribution in [0.15, 0.2) is 27.1 Å². The predicted octanol–water partition coefficient (Wildman–Crippen LogP) is 3.31. The fourth-order valence-electron chi connectivity index (χ4n) is 1.55. The van der Waals surface area contributed by atoms with E-state index in [9.17, 15) is 0 Å². The van der Waals surface area contributed by atoms with E-state index < -0.39 is 0 Å². The van der Waals surface area contributed by atoms with Gasteiger partial charge in [0, 0.05) is 16.1 Å². The highest BCUT2D eigenvalue weighted by Gasteiger charge is 2.11. The lowest BCUT2D eigenvalue weighted by molar-refractivity contribution is 0.458. The van der Waals surface area contributed by atoms with Crippen LogP contribution in [-0.2, 0) is 6.54 Å². The molecule has 0 amide bonds. The van der Waals surface area contributed by atoms with Crippen LogP contribution >= 0.6 is 15.9 Å². The van der Waals surface area contributed by atoms with Crippen LogP contribution in [0, 0.1) is 6.92 Å². The zero-order valence-electron chi connectivity index (χ0n) is 10.7. The third-order valence-corrected chi connectivity index (χ3v) is 3.05. The van der Waals surface area contributed by atoms with E-state index in [4.69, 9.17) is 4.42 Å². The van der Waals surface area contributed by atoms with Crippen molar-refractivity contribution in [1.29, 1.82) is 0 Å². The number of rotatable bonds is 4. The van der Waals surface area contributed by atoms with E-state index in [1.165, 1.54) is 0 Å². The van der Waals surface area contributed by atoms with Gasteiger partial charge in [0.15, 0.2) is 0 Å². The highest BCUT2D eigenvalue weighted by atomic mass is 79.9. The van der Waals surface area contributed by atoms with E-state index in [0.717, 1.165) is 15.6 Å². The number of benzene rings is 1. The van der Waals surface area contributed by atoms with Crippen LogP contribution < -0.4 is 5.32 Å². The summed E-state index contributed by atoms with van der Waals surface area (Å²) in [5, 5.41) is 11.4. The predicted molar refractivity (Wildman–Crippen MR) is 74.1 cm³/mol. The molecule has 0 aliphatic heterocycles. The molecule has 2 aromatic rings. The third kappa shape index (κ3) is 3.17. The Bertz CT molecular complexity index is 537. The molecule has 0 radical (unpaired) electrons. The van der Waals surface area contributed by atoms with E-state index in [2.05, 4.69) is 45.3 Å². The van der Waals surface area contributed by atoms with Gasteiger partial charge in [0.25, 0.3) is 0 Å². The topological polar surface area (TPSA) is 51.0 Å². The second kappa shape index (κ2) is 5.63. The van der Waals surface area contributed by atoms with E-state index in [1.54, 1.807) is 0 Å². The Kier molecular flexibility index (Phi) is 4.14. The number of halogens is 1. The monoisotopic (exact) mass is 309 g/mol. The maximum Gasteiger partial charge on any atom is 0.248 e. The van der Waals surface area contributed by atoms with Gasteiger partial charge in [-0.15, -0.1) is 10.2 Å². The van der Waals surface area contributed by atoms with Crippen LogP contribution in [0.3, 0.4) is 0 Å². The largest absolute Gasteiger partial charge is 0.419 e. The molecule has 0 bridgehead atoms. The second-order valence-electron chi connectivity index (χ2n) is 4.50. The minimum Gasteiger partial charge on any atom is -0.419 e. The molecule has 18 heavy (non-hydrogen) atoms. The molecule has 1 aromatic heterocycles. The summed E-state index contributed by atoms with van der Waals surface area (Å²) in [4.78, 5) is 0. The zero-order valence-corrected chi connectivity index (χ0v) is 12.3. The summed E-state index contributed by atoms with van der Waals surface area (Å²) in [5.74, 6) is 1.17. The molecule has 0 aliphatic carbocycles. The molecule has 0 saturated carbocycles. The summed E-state index contributed by atoms with van der Waals surface area (Å²) in [5.41, 5.74) is 2.08. The van der Waals surface area contributed by atoms with Crippen LogP contribution in [0.5, 0.6) is 0 Å². The molecule has 1 aromatic carbocycles. The zero-order chi connectivity index (χ0) is 13.1. The summed E-state index contributed by atoms with van der Waals surface area (Å²) in [6, 6.07) is 6.40. The minimum absolute atomic E-state index is 0.396. The molecule has 2 rings (SSSR count). The van der Waals surface area contributed by atoms with Gasteiger partial charge in [-0.05, 0) is 24.6 Å². The highest BCUT2D eigenvalue weighted by molar-refractivity contribution is 9.10. The number of nitrogens with one attached hydrogen (secondary N) is 1. The number of aromatic nitrogens is 2. The molecule has 0 unspecified atom stereocenters. The van der Waals surface area contributed by atoms with Crippen molar-refractivity contribution in [3.8, 4) is 11.5 Å². The van der Waals surface area contributed by atoms with Gasteiger partial charge in [0.1, 0.15) is 0 Å². The molecule has 4 nitrogen and oxygen atoms in total. The number of nitrogens with zero attached hydrogens (tertiary/aromatic N) is 2. The lowest BCUT2D eigenvalue weighted by Gasteiger charge is -2.04. The van der Waals surface area contributed by atoms with E-state index >= 15 is 0 Å². The van der Waals surface area contributed by atoms with Crippen molar-refractivity contribution in [2.75, 3.05) is 0 Å². The smallest absolute Gasteiger partial charge is 0.248 e. The molecule has 96 valence electrons. The van der Waals surface area contributed by atoms with Crippen molar-refractivity contribution in [2.24, 2.45) is 0 Å². The first-order valence-corrected chi connectivity index (χ1v) is 6.68. The maximum atomic E-state index is 5.65. The molecule has 0 atom stereocenters. The van der Waals surface area contributed by atoms with Crippen LogP contribution in [0.2, 0.25) is 0 Å². The Morgan fingerprint density at radius 1 is 1.33 bits per heavy atom. The molecular formula is C13H16BrN3O. The van der Waals surface area contributed by atoms with Crippen molar-refractivity contribution < 1.29 is 4.42 Å². The van der Waals surface area contributed by atoms with Crippen LogP contribution in [0.1, 0.15) is 25.3 Å². The molecule has 0 spiro atoms. The van der Waals surface area contributed by atoms with Gasteiger partial charge in [-0.25, -0.2) is 0 Å². The standard InChI is InChI=1S/C13H16BrN3O/c1-8(2)15-7-12-16-17-13(18-12)11-6-10(14)5-4-9(11)3/h4-6,8,15H,7H2,1-3H3. The molecule has 1 N–H and O–H groups in total. The average molecular weight is 310 g/mol. The Labute approximate surface area is 115 Å². The third-order valence-electron chi connectivity index (χ3n) is 2.56. The second-order valence-corrected chi connectivity index (χ2v) is 5.41. The molecule has 0 saturated heterocycles. The van der Waals surface area contributed by atoms with Crippen LogP contribution in [-0.4, -0.2) is 16.2 Å². The lowest BCUT2D eigenvalue weighted by Crippen LogP contribution is -2.21. The fraction of sp³-hybridized carbons (Fsp3) is 0.385. The number of hydrogen-bond acceptors (Lipinski definition) is 4. The first-order chi connectivity index (χ1) is 8.56. The average Bonchev–Trinajstić information content (AvgIpc) is 2.78. The first kappa shape index (κ1) is 13.2. The quantitative estimate of drug-likeness (QED) is 0.941. The van der Waals surface area contributed by atoms with Crippen molar-refractivity contribution >= 4 is 15.9 Å². The van der Waals surface area contributed by atoms with Crippen molar-refractivity contribution in [3.63, 3.8) is 0 Å². The summed E-state index contributed by atoms with van der Waals surface area (Å²) >= 11 is 3.45. The summed E-state index contributed by atoms with van der Waals surface area (Å²) in [6.45, 7) is 6.78. The molecule has 0 aliphatic rings. The van der Waals surface area contributed by atoms with Gasteiger partial charge in [-0.3, -0.25) is 0 Å². The van der Waals surface area contributed by atoms with Crippen molar-refractivity contribution in [1.82, 2.24) is 15.5 Å². The Balaban J connectivity index is 2.21. The Hall–Kier alpha value is -1.20. The first-order valence-electron chi connectivity index (χ1n) is 5.88. The van der Waals surface area contributed by atoms with E-state index in [1.807, 2.05) is 25.1 Å². The Morgan fingerprint density at radius 2 is 2.11 bits per heavy atom. The van der Waals surface area contributed by atoms with Gasteiger partial charge in [0.05, 0.1) is 6.54 Å². The highest BCUT2D eigenvalue weighted by Crippen LogP contribution is 2.25. The number of aryl methyl sites for hydroxylation is 1. The van der Waals surface area contributed by atoms with Gasteiger partial charge in [-0.2, -0.15) is 0 Å². The van der Waals surface area contributed by atoms with Crippen LogP contribution in [0.25, 0.3) is 11.5 Å². The van der Waals surface area contributed by atoms with E-state index in [-0.39, 0.29) is 0 Å². The normalized spacial score (nSPS) is 11.2. The molecule has 5 heteroatoms. The summed E-state index contributed by atoms with van der Waals surface area (Å²) < 4.78 is 6.65. The number of hydrogen-bond donors (Lipinski definition) is 1. The van der Waals surface area contributed by atoms with Crippen LogP contribution in [0.4, 0.5) is 0 Å². The van der Waals surface area contributed by atoms with Crippen molar-refractivity contribution in [3.05, 3.63) is 34.1 Å². The van der Waals surface area contributed by atoms with Gasteiger partial charge < -0.3 is 9.73 Å². The molecule has 1 heterocycles. The fourth-order valence-corrected chi connectivity index (χ4v) is 1.91. The lowest BCUT2D eigenvalue weighted by atomic mass is 10.1. The van der Waals surface area contributed by atoms with Gasteiger partial charge in [0.2, 0.25) is 11.8 Å². The molecule has 0 fully saturated rings.